The number of thioether (sulfide) groups is 1. The highest BCUT2D eigenvalue weighted by Gasteiger charge is 2.27. The van der Waals surface area contributed by atoms with Crippen molar-refractivity contribution in [2.75, 3.05) is 30.3 Å². The zero-order valence-electron chi connectivity index (χ0n) is 18.4. The molecule has 0 saturated heterocycles. The number of anilines is 1. The Kier molecular flexibility index (Phi) is 9.53. The number of carbonyl (C=O) groups excluding carboxylic acids is 1. The van der Waals surface area contributed by atoms with Crippen molar-refractivity contribution >= 4 is 56.6 Å². The van der Waals surface area contributed by atoms with E-state index in [0.29, 0.717) is 39.5 Å². The zero-order chi connectivity index (χ0) is 24.6. The summed E-state index contributed by atoms with van der Waals surface area (Å²) in [6.07, 6.45) is 0. The summed E-state index contributed by atoms with van der Waals surface area (Å²) in [5.41, 5.74) is 1.33. The second-order valence-corrected chi connectivity index (χ2v) is 11.0. The van der Waals surface area contributed by atoms with E-state index < -0.39 is 15.9 Å². The van der Waals surface area contributed by atoms with Gasteiger partial charge in [0.25, 0.3) is 10.0 Å². The number of nitrogens with one attached hydrogen (secondary N) is 1. The number of methoxy groups -OCH3 is 1. The summed E-state index contributed by atoms with van der Waals surface area (Å²) in [4.78, 5) is 12.8. The Morgan fingerprint density at radius 1 is 1.03 bits per heavy atom. The molecular weight excluding hydrogens is 515 g/mol. The van der Waals surface area contributed by atoms with Gasteiger partial charge in [-0.2, -0.15) is 11.8 Å². The van der Waals surface area contributed by atoms with Crippen LogP contribution in [0.2, 0.25) is 10.0 Å². The number of sulfonamides is 1. The van der Waals surface area contributed by atoms with E-state index in [1.165, 1.54) is 19.2 Å². The summed E-state index contributed by atoms with van der Waals surface area (Å²) in [6.45, 7) is 0.0355. The molecule has 0 aromatic heterocycles. The number of carbonyl (C=O) groups is 1. The van der Waals surface area contributed by atoms with E-state index in [-0.39, 0.29) is 11.4 Å². The van der Waals surface area contributed by atoms with Gasteiger partial charge in [0.05, 0.1) is 17.7 Å². The molecule has 0 bridgehead atoms. The van der Waals surface area contributed by atoms with Gasteiger partial charge >= 0.3 is 0 Å². The highest BCUT2D eigenvalue weighted by molar-refractivity contribution is 7.98. The molecule has 1 amide bonds. The second kappa shape index (κ2) is 12.4. The van der Waals surface area contributed by atoms with Gasteiger partial charge in [-0.3, -0.25) is 9.10 Å². The molecule has 0 unspecified atom stereocenters. The van der Waals surface area contributed by atoms with Crippen LogP contribution in [0.15, 0.2) is 77.7 Å². The van der Waals surface area contributed by atoms with Crippen LogP contribution in [-0.4, -0.2) is 40.3 Å². The van der Waals surface area contributed by atoms with Crippen LogP contribution in [0.25, 0.3) is 0 Å². The normalized spacial score (nSPS) is 11.1. The van der Waals surface area contributed by atoms with E-state index in [2.05, 4.69) is 5.32 Å². The topological polar surface area (TPSA) is 75.7 Å². The number of ether oxygens (including phenoxy) is 1. The van der Waals surface area contributed by atoms with Crippen molar-refractivity contribution in [1.82, 2.24) is 5.32 Å². The number of nitrogens with zero attached hydrogens (tertiary/aromatic N) is 1. The average Bonchev–Trinajstić information content (AvgIpc) is 2.84. The fourth-order valence-electron chi connectivity index (χ4n) is 3.05. The molecule has 0 saturated carbocycles. The lowest BCUT2D eigenvalue weighted by Gasteiger charge is -2.24. The molecule has 0 radical (unpaired) electrons. The van der Waals surface area contributed by atoms with Crippen molar-refractivity contribution in [2.24, 2.45) is 0 Å². The van der Waals surface area contributed by atoms with Crippen molar-refractivity contribution in [3.8, 4) is 5.75 Å². The minimum absolute atomic E-state index is 0.106. The first kappa shape index (κ1) is 26.2. The van der Waals surface area contributed by atoms with Crippen LogP contribution in [0.4, 0.5) is 5.69 Å². The van der Waals surface area contributed by atoms with Gasteiger partial charge in [-0.25, -0.2) is 8.42 Å². The minimum Gasteiger partial charge on any atom is -0.497 e. The molecule has 0 aliphatic rings. The summed E-state index contributed by atoms with van der Waals surface area (Å²) in [5.74, 6) is 1.49. The van der Waals surface area contributed by atoms with Crippen molar-refractivity contribution in [3.63, 3.8) is 0 Å². The largest absolute Gasteiger partial charge is 0.497 e. The highest BCUT2D eigenvalue weighted by Crippen LogP contribution is 2.26. The first-order valence-corrected chi connectivity index (χ1v) is 13.7. The van der Waals surface area contributed by atoms with Crippen LogP contribution in [0.3, 0.4) is 0 Å². The Morgan fingerprint density at radius 2 is 1.74 bits per heavy atom. The highest BCUT2D eigenvalue weighted by atomic mass is 35.5. The molecule has 180 valence electrons. The van der Waals surface area contributed by atoms with Crippen LogP contribution >= 0.6 is 35.0 Å². The van der Waals surface area contributed by atoms with E-state index in [9.17, 15) is 13.2 Å². The number of hydrogen-bond donors (Lipinski definition) is 1. The molecule has 0 heterocycles. The molecule has 3 aromatic rings. The quantitative estimate of drug-likeness (QED) is 0.337. The summed E-state index contributed by atoms with van der Waals surface area (Å²) in [6, 6.07) is 19.9. The molecule has 10 heteroatoms. The molecule has 3 aromatic carbocycles. The van der Waals surface area contributed by atoms with Gasteiger partial charge in [-0.1, -0.05) is 47.5 Å². The van der Waals surface area contributed by atoms with Crippen molar-refractivity contribution < 1.29 is 17.9 Å². The Hall–Kier alpha value is -2.39. The summed E-state index contributed by atoms with van der Waals surface area (Å²) in [7, 11) is -2.42. The third-order valence-electron chi connectivity index (χ3n) is 4.82. The lowest BCUT2D eigenvalue weighted by atomic mass is 10.2. The van der Waals surface area contributed by atoms with Crippen LogP contribution in [0.5, 0.6) is 5.75 Å². The molecule has 0 spiro atoms. The average molecular weight is 540 g/mol. The predicted molar refractivity (Wildman–Crippen MR) is 140 cm³/mol. The lowest BCUT2D eigenvalue weighted by Crippen LogP contribution is -2.41. The first-order chi connectivity index (χ1) is 16.3. The van der Waals surface area contributed by atoms with Crippen LogP contribution in [0.1, 0.15) is 5.56 Å². The molecule has 34 heavy (non-hydrogen) atoms. The van der Waals surface area contributed by atoms with E-state index in [0.717, 1.165) is 9.87 Å². The van der Waals surface area contributed by atoms with E-state index in [1.807, 2.05) is 6.07 Å². The molecular formula is C24H24Cl2N2O4S2. The zero-order valence-corrected chi connectivity index (χ0v) is 21.6. The number of rotatable bonds is 11. The third-order valence-corrected chi connectivity index (χ3v) is 8.20. The molecule has 0 aliphatic heterocycles. The van der Waals surface area contributed by atoms with Gasteiger partial charge < -0.3 is 10.1 Å². The fraction of sp³-hybridized carbons (Fsp3) is 0.208. The monoisotopic (exact) mass is 538 g/mol. The Labute approximate surface area is 214 Å². The maximum absolute atomic E-state index is 13.3. The van der Waals surface area contributed by atoms with Gasteiger partial charge in [-0.05, 0) is 54.1 Å². The van der Waals surface area contributed by atoms with Gasteiger partial charge in [0, 0.05) is 28.1 Å². The van der Waals surface area contributed by atoms with E-state index in [4.69, 9.17) is 27.9 Å². The van der Waals surface area contributed by atoms with Crippen molar-refractivity contribution in [1.29, 1.82) is 0 Å². The Balaban J connectivity index is 1.63. The van der Waals surface area contributed by atoms with Crippen LogP contribution in [0, 0.1) is 0 Å². The summed E-state index contributed by atoms with van der Waals surface area (Å²) in [5, 5.41) is 3.98. The van der Waals surface area contributed by atoms with E-state index >= 15 is 0 Å². The maximum Gasteiger partial charge on any atom is 0.264 e. The van der Waals surface area contributed by atoms with E-state index in [1.54, 1.807) is 66.4 Å². The summed E-state index contributed by atoms with van der Waals surface area (Å²) >= 11 is 13.7. The molecule has 6 nitrogen and oxygen atoms in total. The molecule has 0 fully saturated rings. The standard InChI is InChI=1S/C24H24Cl2N2O4S2/c1-32-21-11-9-20(10-12-21)28(34(30,31)22-5-3-2-4-6-22)16-24(29)27-13-14-33-17-18-7-8-19(25)15-23(18)26/h2-12,15H,13-14,16-17H2,1H3,(H,27,29). The van der Waals surface area contributed by atoms with Gasteiger partial charge in [0.15, 0.2) is 0 Å². The van der Waals surface area contributed by atoms with Crippen molar-refractivity contribution in [3.05, 3.63) is 88.4 Å². The van der Waals surface area contributed by atoms with Gasteiger partial charge in [-0.15, -0.1) is 0 Å². The second-order valence-electron chi connectivity index (χ2n) is 7.16. The molecule has 1 N–H and O–H groups in total. The van der Waals surface area contributed by atoms with Gasteiger partial charge in [0.1, 0.15) is 12.3 Å². The summed E-state index contributed by atoms with van der Waals surface area (Å²) < 4.78 is 32.9. The molecule has 0 aliphatic carbocycles. The SMILES string of the molecule is COc1ccc(N(CC(=O)NCCSCc2ccc(Cl)cc2Cl)S(=O)(=O)c2ccccc2)cc1. The minimum atomic E-state index is -3.95. The number of amides is 1. The Bertz CT molecular complexity index is 1210. The molecule has 3 rings (SSSR count). The Morgan fingerprint density at radius 3 is 2.38 bits per heavy atom. The maximum atomic E-state index is 13.3. The number of halogens is 2. The third kappa shape index (κ3) is 7.06. The predicted octanol–water partition coefficient (Wildman–Crippen LogP) is 5.25. The number of benzene rings is 3. The first-order valence-electron chi connectivity index (χ1n) is 10.3. The van der Waals surface area contributed by atoms with Crippen molar-refractivity contribution in [2.45, 2.75) is 10.6 Å². The fourth-order valence-corrected chi connectivity index (χ4v) is 5.91. The van der Waals surface area contributed by atoms with Gasteiger partial charge in [0.2, 0.25) is 5.91 Å². The molecule has 0 atom stereocenters. The van der Waals surface area contributed by atoms with Crippen LogP contribution in [-0.2, 0) is 20.6 Å². The van der Waals surface area contributed by atoms with Crippen LogP contribution < -0.4 is 14.4 Å². The smallest absolute Gasteiger partial charge is 0.264 e. The lowest BCUT2D eigenvalue weighted by molar-refractivity contribution is -0.119. The number of hydrogen-bond acceptors (Lipinski definition) is 5.